The molecule has 1 aromatic carbocycles. The highest BCUT2D eigenvalue weighted by Gasteiger charge is 2.20. The molecule has 1 heterocycles. The van der Waals surface area contributed by atoms with Crippen LogP contribution in [0.25, 0.3) is 0 Å². The van der Waals surface area contributed by atoms with Gasteiger partial charge in [0.1, 0.15) is 5.75 Å². The summed E-state index contributed by atoms with van der Waals surface area (Å²) in [5, 5.41) is 4.78. The van der Waals surface area contributed by atoms with Crippen molar-refractivity contribution in [3.8, 4) is 5.75 Å². The van der Waals surface area contributed by atoms with Crippen molar-refractivity contribution in [2.45, 2.75) is 19.5 Å². The highest BCUT2D eigenvalue weighted by Crippen LogP contribution is 2.33. The fourth-order valence-corrected chi connectivity index (χ4v) is 2.72. The van der Waals surface area contributed by atoms with E-state index in [1.807, 2.05) is 25.1 Å². The molecule has 2 N–H and O–H groups in total. The van der Waals surface area contributed by atoms with Gasteiger partial charge in [0.25, 0.3) is 0 Å². The zero-order valence-corrected chi connectivity index (χ0v) is 13.1. The summed E-state index contributed by atoms with van der Waals surface area (Å²) in [4.78, 5) is 0. The maximum Gasteiger partial charge on any atom is 0.119 e. The molecule has 102 valence electrons. The van der Waals surface area contributed by atoms with E-state index in [1.54, 1.807) is 18.0 Å². The van der Waals surface area contributed by atoms with Gasteiger partial charge in [-0.25, -0.2) is 0 Å². The van der Waals surface area contributed by atoms with E-state index in [2.05, 4.69) is 21.0 Å². The molecule has 1 aromatic heterocycles. The summed E-state index contributed by atoms with van der Waals surface area (Å²) in [5.41, 5.74) is 8.05. The van der Waals surface area contributed by atoms with Crippen LogP contribution in [0.1, 0.15) is 24.2 Å². The van der Waals surface area contributed by atoms with E-state index in [1.165, 1.54) is 0 Å². The molecule has 2 rings (SSSR count). The lowest BCUT2D eigenvalue weighted by Gasteiger charge is -2.17. The minimum Gasteiger partial charge on any atom is -0.497 e. The predicted molar refractivity (Wildman–Crippen MR) is 79.6 cm³/mol. The smallest absolute Gasteiger partial charge is 0.119 e. The van der Waals surface area contributed by atoms with E-state index in [9.17, 15) is 0 Å². The van der Waals surface area contributed by atoms with E-state index < -0.39 is 0 Å². The summed E-state index contributed by atoms with van der Waals surface area (Å²) < 4.78 is 7.95. The first-order chi connectivity index (χ1) is 9.08. The van der Waals surface area contributed by atoms with Crippen LogP contribution in [0.4, 0.5) is 0 Å². The molecule has 1 atom stereocenters. The second kappa shape index (κ2) is 5.94. The summed E-state index contributed by atoms with van der Waals surface area (Å²) in [5.74, 6) is 0.757. The summed E-state index contributed by atoms with van der Waals surface area (Å²) in [7, 11) is 1.63. The van der Waals surface area contributed by atoms with Gasteiger partial charge in [0.2, 0.25) is 0 Å². The minimum absolute atomic E-state index is 0.362. The van der Waals surface area contributed by atoms with Gasteiger partial charge in [-0.1, -0.05) is 27.5 Å². The standard InChI is InChI=1S/C13H15BrClN3O/c1-3-18-13(11(15)7-17-18)12(16)9-6-8(19-2)4-5-10(9)14/h4-7,12H,3,16H2,1-2H3. The van der Waals surface area contributed by atoms with Crippen LogP contribution in [0, 0.1) is 0 Å². The Kier molecular flexibility index (Phi) is 4.50. The van der Waals surface area contributed by atoms with Gasteiger partial charge < -0.3 is 10.5 Å². The van der Waals surface area contributed by atoms with Gasteiger partial charge in [-0.2, -0.15) is 5.10 Å². The van der Waals surface area contributed by atoms with Gasteiger partial charge in [0, 0.05) is 11.0 Å². The van der Waals surface area contributed by atoms with E-state index in [4.69, 9.17) is 22.1 Å². The second-order valence-corrected chi connectivity index (χ2v) is 5.32. The molecule has 0 aliphatic rings. The SMILES string of the molecule is CCn1ncc(Cl)c1C(N)c1cc(OC)ccc1Br. The normalized spacial score (nSPS) is 12.5. The van der Waals surface area contributed by atoms with Crippen LogP contribution in [0.3, 0.4) is 0 Å². The number of ether oxygens (including phenoxy) is 1. The molecule has 0 saturated carbocycles. The van der Waals surface area contributed by atoms with E-state index in [0.29, 0.717) is 5.02 Å². The van der Waals surface area contributed by atoms with Crippen LogP contribution in [0.15, 0.2) is 28.9 Å². The largest absolute Gasteiger partial charge is 0.497 e. The van der Waals surface area contributed by atoms with Gasteiger partial charge in [-0.15, -0.1) is 0 Å². The van der Waals surface area contributed by atoms with Crippen molar-refractivity contribution in [2.24, 2.45) is 5.73 Å². The van der Waals surface area contributed by atoms with Gasteiger partial charge in [-0.3, -0.25) is 4.68 Å². The van der Waals surface area contributed by atoms with Crippen molar-refractivity contribution >= 4 is 27.5 Å². The Morgan fingerprint density at radius 1 is 1.53 bits per heavy atom. The molecular weight excluding hydrogens is 330 g/mol. The van der Waals surface area contributed by atoms with Gasteiger partial charge in [0.15, 0.2) is 0 Å². The van der Waals surface area contributed by atoms with Crippen LogP contribution in [-0.4, -0.2) is 16.9 Å². The molecule has 0 fully saturated rings. The van der Waals surface area contributed by atoms with Crippen molar-refractivity contribution in [2.75, 3.05) is 7.11 Å². The molecule has 0 bridgehead atoms. The predicted octanol–water partition coefficient (Wildman–Crippen LogP) is 3.38. The maximum atomic E-state index is 6.33. The highest BCUT2D eigenvalue weighted by atomic mass is 79.9. The molecule has 0 aliphatic carbocycles. The third-order valence-corrected chi connectivity index (χ3v) is 3.98. The van der Waals surface area contributed by atoms with E-state index in [0.717, 1.165) is 28.0 Å². The summed E-state index contributed by atoms with van der Waals surface area (Å²) >= 11 is 9.69. The summed E-state index contributed by atoms with van der Waals surface area (Å²) in [6, 6.07) is 5.32. The number of aryl methyl sites for hydroxylation is 1. The van der Waals surface area contributed by atoms with Gasteiger partial charge >= 0.3 is 0 Å². The second-order valence-electron chi connectivity index (χ2n) is 4.06. The number of benzene rings is 1. The highest BCUT2D eigenvalue weighted by molar-refractivity contribution is 9.10. The third kappa shape index (κ3) is 2.78. The van der Waals surface area contributed by atoms with Gasteiger partial charge in [-0.05, 0) is 30.7 Å². The topological polar surface area (TPSA) is 53.1 Å². The molecule has 0 amide bonds. The van der Waals surface area contributed by atoms with Crippen LogP contribution < -0.4 is 10.5 Å². The number of methoxy groups -OCH3 is 1. The lowest BCUT2D eigenvalue weighted by Crippen LogP contribution is -2.18. The summed E-state index contributed by atoms with van der Waals surface area (Å²) in [6.45, 7) is 2.72. The molecule has 0 radical (unpaired) electrons. The monoisotopic (exact) mass is 343 g/mol. The molecule has 1 unspecified atom stereocenters. The molecule has 2 aromatic rings. The number of nitrogens with two attached hydrogens (primary N) is 1. The van der Waals surface area contributed by atoms with Crippen molar-refractivity contribution in [3.63, 3.8) is 0 Å². The van der Waals surface area contributed by atoms with Gasteiger partial charge in [0.05, 0.1) is 30.1 Å². The number of nitrogens with zero attached hydrogens (tertiary/aromatic N) is 2. The Morgan fingerprint density at radius 3 is 2.89 bits per heavy atom. The first-order valence-electron chi connectivity index (χ1n) is 5.88. The van der Waals surface area contributed by atoms with E-state index >= 15 is 0 Å². The Morgan fingerprint density at radius 2 is 2.26 bits per heavy atom. The molecule has 0 saturated heterocycles. The van der Waals surface area contributed by atoms with Crippen LogP contribution >= 0.6 is 27.5 Å². The average molecular weight is 345 g/mol. The molecule has 6 heteroatoms. The quantitative estimate of drug-likeness (QED) is 0.925. The first-order valence-corrected chi connectivity index (χ1v) is 7.05. The Bertz CT molecular complexity index is 585. The molecular formula is C13H15BrClN3O. The number of hydrogen-bond acceptors (Lipinski definition) is 3. The van der Waals surface area contributed by atoms with E-state index in [-0.39, 0.29) is 6.04 Å². The fourth-order valence-electron chi connectivity index (χ4n) is 1.97. The van der Waals surface area contributed by atoms with Crippen molar-refractivity contribution in [1.82, 2.24) is 9.78 Å². The lowest BCUT2D eigenvalue weighted by atomic mass is 10.0. The van der Waals surface area contributed by atoms with Crippen LogP contribution in [0.5, 0.6) is 5.75 Å². The summed E-state index contributed by atoms with van der Waals surface area (Å²) in [6.07, 6.45) is 1.62. The number of aromatic nitrogens is 2. The first kappa shape index (κ1) is 14.4. The molecule has 4 nitrogen and oxygen atoms in total. The number of hydrogen-bond donors (Lipinski definition) is 1. The molecule has 0 aliphatic heterocycles. The molecule has 19 heavy (non-hydrogen) atoms. The van der Waals surface area contributed by atoms with Crippen molar-refractivity contribution in [3.05, 3.63) is 45.1 Å². The zero-order valence-electron chi connectivity index (χ0n) is 10.7. The van der Waals surface area contributed by atoms with Crippen molar-refractivity contribution < 1.29 is 4.74 Å². The number of rotatable bonds is 4. The third-order valence-electron chi connectivity index (χ3n) is 2.97. The average Bonchev–Trinajstić information content (AvgIpc) is 2.79. The Hall–Kier alpha value is -1.04. The zero-order chi connectivity index (χ0) is 14.0. The van der Waals surface area contributed by atoms with Crippen molar-refractivity contribution in [1.29, 1.82) is 0 Å². The Labute approximate surface area is 125 Å². The number of halogens is 2. The fraction of sp³-hybridized carbons (Fsp3) is 0.308. The molecule has 0 spiro atoms. The maximum absolute atomic E-state index is 6.33. The Balaban J connectivity index is 2.49. The van der Waals surface area contributed by atoms with Crippen LogP contribution in [0.2, 0.25) is 5.02 Å². The minimum atomic E-state index is -0.362. The van der Waals surface area contributed by atoms with Crippen LogP contribution in [-0.2, 0) is 6.54 Å². The lowest BCUT2D eigenvalue weighted by molar-refractivity contribution is 0.414.